The Morgan fingerprint density at radius 2 is 2.04 bits per heavy atom. The van der Waals surface area contributed by atoms with Crippen LogP contribution in [0.1, 0.15) is 36.8 Å². The second-order valence-electron chi connectivity index (χ2n) is 6.10. The van der Waals surface area contributed by atoms with E-state index in [9.17, 15) is 0 Å². The molecule has 7 heteroatoms. The molecule has 2 N–H and O–H groups in total. The number of imidazole rings is 2. The Bertz CT molecular complexity index is 751. The van der Waals surface area contributed by atoms with E-state index in [2.05, 4.69) is 56.0 Å². The third-order valence-corrected chi connectivity index (χ3v) is 4.43. The quantitative estimate of drug-likeness (QED) is 0.594. The van der Waals surface area contributed by atoms with Gasteiger partial charge in [0, 0.05) is 45.2 Å². The lowest BCUT2D eigenvalue weighted by Gasteiger charge is -2.12. The number of nitrogens with one attached hydrogen (secondary N) is 2. The molecule has 0 fully saturated rings. The largest absolute Gasteiger partial charge is 0.388 e. The number of aryl methyl sites for hydroxylation is 1. The summed E-state index contributed by atoms with van der Waals surface area (Å²) in [6.07, 6.45) is 8.27. The minimum absolute atomic E-state index is 0.479. The Balaban J connectivity index is 0.000000451. The summed E-state index contributed by atoms with van der Waals surface area (Å²) in [4.78, 5) is 10.9. The summed E-state index contributed by atoms with van der Waals surface area (Å²) in [5.41, 5.74) is 3.28. The molecular formula is C20H28ClN5O. The smallest absolute Gasteiger partial charge is 0.153 e. The first kappa shape index (κ1) is 21.0. The molecule has 0 atom stereocenters. The fraction of sp³-hybridized carbons (Fsp3) is 0.400. The van der Waals surface area contributed by atoms with Crippen molar-refractivity contribution in [2.45, 2.75) is 39.3 Å². The number of nitrogens with zero attached hydrogens (tertiary/aromatic N) is 3. The van der Waals surface area contributed by atoms with Gasteiger partial charge in [0.25, 0.3) is 0 Å². The Morgan fingerprint density at radius 3 is 2.56 bits per heavy atom. The summed E-state index contributed by atoms with van der Waals surface area (Å²) in [6.45, 7) is 3.43. The van der Waals surface area contributed by atoms with Crippen molar-refractivity contribution in [2.24, 2.45) is 0 Å². The molecular weight excluding hydrogens is 362 g/mol. The van der Waals surface area contributed by atoms with E-state index < -0.39 is 0 Å². The summed E-state index contributed by atoms with van der Waals surface area (Å²) in [6, 6.07) is 8.41. The van der Waals surface area contributed by atoms with Crippen LogP contribution >= 0.6 is 11.6 Å². The average molecular weight is 390 g/mol. The third-order valence-electron chi connectivity index (χ3n) is 4.13. The molecule has 0 bridgehead atoms. The number of rotatable bonds is 8. The number of benzene rings is 1. The summed E-state index contributed by atoms with van der Waals surface area (Å²) in [7, 11) is 3.60. The van der Waals surface area contributed by atoms with Gasteiger partial charge < -0.3 is 19.6 Å². The molecule has 3 aromatic rings. The van der Waals surface area contributed by atoms with Gasteiger partial charge in [0.1, 0.15) is 5.82 Å². The molecule has 2 aromatic heterocycles. The molecule has 27 heavy (non-hydrogen) atoms. The fourth-order valence-corrected chi connectivity index (χ4v) is 2.92. The number of aromatic amines is 1. The normalized spacial score (nSPS) is 10.4. The summed E-state index contributed by atoms with van der Waals surface area (Å²) < 4.78 is 7.48. The van der Waals surface area contributed by atoms with Crippen molar-refractivity contribution in [3.8, 4) is 0 Å². The minimum Gasteiger partial charge on any atom is -0.388 e. The SMILES string of the molecule is CCCCc1nc(Cl)c(COC)n1Cc1ccc(NC)cc1.c1c[nH]cn1. The molecule has 2 heterocycles. The number of hydrogen-bond donors (Lipinski definition) is 2. The van der Waals surface area contributed by atoms with Crippen molar-refractivity contribution in [2.75, 3.05) is 19.5 Å². The van der Waals surface area contributed by atoms with Crippen molar-refractivity contribution in [3.05, 3.63) is 65.2 Å². The Labute approximate surface area is 166 Å². The minimum atomic E-state index is 0.479. The Morgan fingerprint density at radius 1 is 1.26 bits per heavy atom. The van der Waals surface area contributed by atoms with Crippen molar-refractivity contribution in [3.63, 3.8) is 0 Å². The lowest BCUT2D eigenvalue weighted by atomic mass is 10.2. The average Bonchev–Trinajstić information content (AvgIpc) is 3.35. The van der Waals surface area contributed by atoms with Gasteiger partial charge in [-0.2, -0.15) is 0 Å². The lowest BCUT2D eigenvalue weighted by molar-refractivity contribution is 0.178. The maximum Gasteiger partial charge on any atom is 0.153 e. The third kappa shape index (κ3) is 6.41. The Kier molecular flexibility index (Phi) is 8.87. The highest BCUT2D eigenvalue weighted by atomic mass is 35.5. The highest BCUT2D eigenvalue weighted by Gasteiger charge is 2.15. The molecule has 0 spiro atoms. The van der Waals surface area contributed by atoms with E-state index in [4.69, 9.17) is 16.3 Å². The first-order chi connectivity index (χ1) is 13.2. The van der Waals surface area contributed by atoms with Gasteiger partial charge >= 0.3 is 0 Å². The Hall–Kier alpha value is -2.31. The van der Waals surface area contributed by atoms with E-state index in [1.54, 1.807) is 25.8 Å². The predicted molar refractivity (Wildman–Crippen MR) is 110 cm³/mol. The molecule has 0 radical (unpaired) electrons. The van der Waals surface area contributed by atoms with Gasteiger partial charge in [-0.3, -0.25) is 0 Å². The van der Waals surface area contributed by atoms with Gasteiger partial charge in [-0.05, 0) is 24.1 Å². The van der Waals surface area contributed by atoms with Gasteiger partial charge in [-0.1, -0.05) is 37.1 Å². The van der Waals surface area contributed by atoms with Crippen LogP contribution in [0.3, 0.4) is 0 Å². The molecule has 1 aromatic carbocycles. The predicted octanol–water partition coefficient (Wildman–Crippen LogP) is 4.53. The van der Waals surface area contributed by atoms with Gasteiger partial charge in [0.05, 0.1) is 18.6 Å². The maximum atomic E-state index is 6.30. The van der Waals surface area contributed by atoms with Crippen molar-refractivity contribution in [1.29, 1.82) is 0 Å². The zero-order chi connectivity index (χ0) is 19.5. The van der Waals surface area contributed by atoms with Gasteiger partial charge in [-0.15, -0.1) is 0 Å². The number of anilines is 1. The summed E-state index contributed by atoms with van der Waals surface area (Å²) in [5, 5.41) is 3.69. The van der Waals surface area contributed by atoms with Crippen LogP contribution in [-0.2, 0) is 24.3 Å². The molecule has 6 nitrogen and oxygen atoms in total. The molecule has 0 saturated heterocycles. The number of ether oxygens (including phenoxy) is 1. The lowest BCUT2D eigenvalue weighted by Crippen LogP contribution is -2.10. The van der Waals surface area contributed by atoms with E-state index in [-0.39, 0.29) is 0 Å². The molecule has 0 aliphatic heterocycles. The molecule has 0 amide bonds. The van der Waals surface area contributed by atoms with E-state index in [1.807, 2.05) is 7.05 Å². The molecule has 0 aliphatic carbocycles. The van der Waals surface area contributed by atoms with E-state index in [0.29, 0.717) is 11.8 Å². The van der Waals surface area contributed by atoms with Crippen LogP contribution in [0.15, 0.2) is 43.0 Å². The van der Waals surface area contributed by atoms with E-state index >= 15 is 0 Å². The van der Waals surface area contributed by atoms with Gasteiger partial charge in [0.2, 0.25) is 0 Å². The van der Waals surface area contributed by atoms with Crippen molar-refractivity contribution in [1.82, 2.24) is 19.5 Å². The number of aromatic nitrogens is 4. The topological polar surface area (TPSA) is 67.8 Å². The maximum absolute atomic E-state index is 6.30. The highest BCUT2D eigenvalue weighted by Crippen LogP contribution is 2.22. The monoisotopic (exact) mass is 389 g/mol. The van der Waals surface area contributed by atoms with Gasteiger partial charge in [0.15, 0.2) is 5.15 Å². The number of methoxy groups -OCH3 is 1. The first-order valence-electron chi connectivity index (χ1n) is 9.11. The highest BCUT2D eigenvalue weighted by molar-refractivity contribution is 6.30. The van der Waals surface area contributed by atoms with E-state index in [0.717, 1.165) is 43.0 Å². The zero-order valence-electron chi connectivity index (χ0n) is 16.2. The molecule has 0 aliphatic rings. The molecule has 0 saturated carbocycles. The van der Waals surface area contributed by atoms with Crippen LogP contribution in [0.4, 0.5) is 5.69 Å². The summed E-state index contributed by atoms with van der Waals surface area (Å²) >= 11 is 6.30. The van der Waals surface area contributed by atoms with Crippen LogP contribution in [0, 0.1) is 0 Å². The number of H-pyrrole nitrogens is 1. The number of halogens is 1. The molecule has 3 rings (SSSR count). The number of hydrogen-bond acceptors (Lipinski definition) is 4. The van der Waals surface area contributed by atoms with Crippen molar-refractivity contribution < 1.29 is 4.74 Å². The second-order valence-corrected chi connectivity index (χ2v) is 6.45. The van der Waals surface area contributed by atoms with E-state index in [1.165, 1.54) is 5.56 Å². The van der Waals surface area contributed by atoms with Crippen LogP contribution in [-0.4, -0.2) is 33.7 Å². The number of unbranched alkanes of at least 4 members (excludes halogenated alkanes) is 1. The zero-order valence-corrected chi connectivity index (χ0v) is 17.0. The first-order valence-corrected chi connectivity index (χ1v) is 9.49. The summed E-state index contributed by atoms with van der Waals surface area (Å²) in [5.74, 6) is 1.04. The van der Waals surface area contributed by atoms with Crippen LogP contribution in [0.5, 0.6) is 0 Å². The van der Waals surface area contributed by atoms with Gasteiger partial charge in [-0.25, -0.2) is 9.97 Å². The second kappa shape index (κ2) is 11.4. The van der Waals surface area contributed by atoms with Crippen LogP contribution in [0.2, 0.25) is 5.15 Å². The van der Waals surface area contributed by atoms with Crippen molar-refractivity contribution >= 4 is 17.3 Å². The van der Waals surface area contributed by atoms with Crippen LogP contribution in [0.25, 0.3) is 0 Å². The van der Waals surface area contributed by atoms with Crippen LogP contribution < -0.4 is 5.32 Å². The standard InChI is InChI=1S/C17H24ClN3O.C3H4N2/c1-4-5-6-16-20-17(18)15(12-22-3)21(16)11-13-7-9-14(19-2)10-8-13;1-2-5-3-4-1/h7-10,19H,4-6,11-12H2,1-3H3;1-3H,(H,4,5). The fourth-order valence-electron chi connectivity index (χ4n) is 2.67. The molecule has 146 valence electrons. The molecule has 0 unspecified atom stereocenters.